The van der Waals surface area contributed by atoms with Crippen LogP contribution in [0, 0.1) is 11.8 Å². The van der Waals surface area contributed by atoms with Gasteiger partial charge in [0.05, 0.1) is 18.1 Å². The molecule has 0 aliphatic carbocycles. The van der Waals surface area contributed by atoms with Gasteiger partial charge in [-0.1, -0.05) is 36.4 Å². The van der Waals surface area contributed by atoms with Gasteiger partial charge in [-0.25, -0.2) is 0 Å². The number of nitrogens with zero attached hydrogens (tertiary/aromatic N) is 2. The highest BCUT2D eigenvalue weighted by molar-refractivity contribution is 5.79. The molecule has 1 N–H and O–H groups in total. The average molecular weight is 518 g/mol. The van der Waals surface area contributed by atoms with Gasteiger partial charge in [-0.3, -0.25) is 4.79 Å². The molecule has 0 bridgehead atoms. The molecule has 2 saturated heterocycles. The molecule has 2 aliphatic heterocycles. The van der Waals surface area contributed by atoms with Crippen molar-refractivity contribution in [1.82, 2.24) is 15.1 Å². The quantitative estimate of drug-likeness (QED) is 0.489. The van der Waals surface area contributed by atoms with E-state index in [1.165, 1.54) is 24.5 Å². The van der Waals surface area contributed by atoms with Gasteiger partial charge in [-0.05, 0) is 69.5 Å². The Morgan fingerprint density at radius 2 is 1.92 bits per heavy atom. The van der Waals surface area contributed by atoms with Crippen LogP contribution in [0.1, 0.15) is 36.8 Å². The molecule has 8 heteroatoms. The summed E-state index contributed by atoms with van der Waals surface area (Å²) in [6.07, 6.45) is 0.476. The Morgan fingerprint density at radius 1 is 1.11 bits per heavy atom. The predicted molar refractivity (Wildman–Crippen MR) is 138 cm³/mol. The standard InChI is InChI=1S/C29H38F3N3O2/c1-34-15-6-10-26(34)12-14-33-28(36)24-17-23(19-35(20-24)16-13-22-7-3-2-4-8-22)21-37-27-11-5-9-25(18-27)29(30,31)32/h2-5,7-9,11,18,23-24,26H,6,10,12-17,19-21H2,1H3,(H,33,36)/t23-,24+,26+/m0/s1. The third-order valence-corrected chi connectivity index (χ3v) is 7.64. The molecule has 0 radical (unpaired) electrons. The molecule has 2 aliphatic rings. The third-order valence-electron chi connectivity index (χ3n) is 7.64. The number of nitrogens with one attached hydrogen (secondary N) is 1. The molecule has 37 heavy (non-hydrogen) atoms. The smallest absolute Gasteiger partial charge is 0.416 e. The highest BCUT2D eigenvalue weighted by Crippen LogP contribution is 2.32. The van der Waals surface area contributed by atoms with Gasteiger partial charge in [0, 0.05) is 38.1 Å². The van der Waals surface area contributed by atoms with E-state index in [0.29, 0.717) is 25.6 Å². The highest BCUT2D eigenvalue weighted by atomic mass is 19.4. The Bertz CT molecular complexity index is 1000. The summed E-state index contributed by atoms with van der Waals surface area (Å²) in [5.74, 6) is 0.156. The van der Waals surface area contributed by atoms with Crippen molar-refractivity contribution < 1.29 is 22.7 Å². The number of likely N-dealkylation sites (tertiary alicyclic amines) is 2. The van der Waals surface area contributed by atoms with Crippen molar-refractivity contribution in [2.24, 2.45) is 11.8 Å². The van der Waals surface area contributed by atoms with E-state index in [1.807, 2.05) is 18.2 Å². The topological polar surface area (TPSA) is 44.8 Å². The number of halogens is 3. The molecule has 5 nitrogen and oxygen atoms in total. The summed E-state index contributed by atoms with van der Waals surface area (Å²) in [5, 5.41) is 3.15. The number of benzene rings is 2. The molecule has 202 valence electrons. The molecule has 0 spiro atoms. The molecule has 4 rings (SSSR count). The van der Waals surface area contributed by atoms with Crippen LogP contribution in [0.15, 0.2) is 54.6 Å². The van der Waals surface area contributed by atoms with Crippen molar-refractivity contribution in [3.05, 3.63) is 65.7 Å². The van der Waals surface area contributed by atoms with Gasteiger partial charge in [0.1, 0.15) is 5.75 Å². The van der Waals surface area contributed by atoms with E-state index in [9.17, 15) is 18.0 Å². The first-order valence-corrected chi connectivity index (χ1v) is 13.3. The summed E-state index contributed by atoms with van der Waals surface area (Å²) in [6.45, 7) is 4.32. The summed E-state index contributed by atoms with van der Waals surface area (Å²) in [6, 6.07) is 15.8. The van der Waals surface area contributed by atoms with Crippen LogP contribution in [0.2, 0.25) is 0 Å². The van der Waals surface area contributed by atoms with Gasteiger partial charge in [0.15, 0.2) is 0 Å². The Hall–Kier alpha value is -2.58. The number of rotatable bonds is 10. The van der Waals surface area contributed by atoms with Crippen LogP contribution in [0.4, 0.5) is 13.2 Å². The zero-order chi connectivity index (χ0) is 26.3. The predicted octanol–water partition coefficient (Wildman–Crippen LogP) is 4.87. The van der Waals surface area contributed by atoms with Crippen LogP contribution < -0.4 is 10.1 Å². The monoisotopic (exact) mass is 517 g/mol. The normalized spacial score (nSPS) is 23.2. The lowest BCUT2D eigenvalue weighted by Crippen LogP contribution is -2.48. The zero-order valence-electron chi connectivity index (χ0n) is 21.6. The van der Waals surface area contributed by atoms with E-state index in [2.05, 4.69) is 34.3 Å². The molecule has 0 saturated carbocycles. The summed E-state index contributed by atoms with van der Waals surface area (Å²) in [5.41, 5.74) is 0.523. The fourth-order valence-electron chi connectivity index (χ4n) is 5.55. The molecular formula is C29H38F3N3O2. The number of piperidine rings is 1. The molecule has 2 aromatic carbocycles. The number of alkyl halides is 3. The van der Waals surface area contributed by atoms with E-state index in [-0.39, 0.29) is 30.1 Å². The van der Waals surface area contributed by atoms with Crippen LogP contribution in [0.3, 0.4) is 0 Å². The number of hydrogen-bond acceptors (Lipinski definition) is 4. The minimum Gasteiger partial charge on any atom is -0.493 e. The largest absolute Gasteiger partial charge is 0.493 e. The first-order chi connectivity index (χ1) is 17.8. The van der Waals surface area contributed by atoms with Crippen LogP contribution in [0.5, 0.6) is 5.75 Å². The number of carbonyl (C=O) groups is 1. The van der Waals surface area contributed by atoms with Crippen molar-refractivity contribution in [2.45, 2.75) is 44.3 Å². The maximum Gasteiger partial charge on any atom is 0.416 e. The van der Waals surface area contributed by atoms with Gasteiger partial charge in [0.25, 0.3) is 0 Å². The van der Waals surface area contributed by atoms with Crippen LogP contribution in [-0.4, -0.2) is 68.1 Å². The second-order valence-electron chi connectivity index (χ2n) is 10.5. The van der Waals surface area contributed by atoms with Gasteiger partial charge in [-0.2, -0.15) is 13.2 Å². The van der Waals surface area contributed by atoms with Crippen molar-refractivity contribution in [1.29, 1.82) is 0 Å². The van der Waals surface area contributed by atoms with Gasteiger partial charge >= 0.3 is 6.18 Å². The Labute approximate surface area is 218 Å². The second-order valence-corrected chi connectivity index (χ2v) is 10.5. The van der Waals surface area contributed by atoms with Crippen LogP contribution in [0.25, 0.3) is 0 Å². The van der Waals surface area contributed by atoms with Crippen LogP contribution in [-0.2, 0) is 17.4 Å². The summed E-state index contributed by atoms with van der Waals surface area (Å²) in [7, 11) is 2.14. The molecular weight excluding hydrogens is 479 g/mol. The maximum absolute atomic E-state index is 13.1. The first-order valence-electron chi connectivity index (χ1n) is 13.3. The fourth-order valence-corrected chi connectivity index (χ4v) is 5.55. The molecule has 2 heterocycles. The maximum atomic E-state index is 13.1. The molecule has 0 unspecified atom stereocenters. The molecule has 1 amide bonds. The highest BCUT2D eigenvalue weighted by Gasteiger charge is 2.33. The van der Waals surface area contributed by atoms with Crippen molar-refractivity contribution in [3.63, 3.8) is 0 Å². The van der Waals surface area contributed by atoms with Crippen molar-refractivity contribution in [2.75, 3.05) is 46.4 Å². The van der Waals surface area contributed by atoms with E-state index >= 15 is 0 Å². The number of carbonyl (C=O) groups excluding carboxylic acids is 1. The summed E-state index contributed by atoms with van der Waals surface area (Å²) in [4.78, 5) is 17.8. The molecule has 0 aromatic heterocycles. The number of ether oxygens (including phenoxy) is 1. The van der Waals surface area contributed by atoms with Crippen LogP contribution >= 0.6 is 0 Å². The number of amides is 1. The molecule has 2 aromatic rings. The Morgan fingerprint density at radius 3 is 2.65 bits per heavy atom. The second kappa shape index (κ2) is 12.8. The zero-order valence-corrected chi connectivity index (χ0v) is 21.6. The minimum atomic E-state index is -4.41. The van der Waals surface area contributed by atoms with Gasteiger partial charge < -0.3 is 19.9 Å². The van der Waals surface area contributed by atoms with Crippen molar-refractivity contribution >= 4 is 5.91 Å². The van der Waals surface area contributed by atoms with Gasteiger partial charge in [-0.15, -0.1) is 0 Å². The minimum absolute atomic E-state index is 0.0516. The fraction of sp³-hybridized carbons (Fsp3) is 0.552. The Kier molecular flexibility index (Phi) is 9.49. The number of hydrogen-bond donors (Lipinski definition) is 1. The summed E-state index contributed by atoms with van der Waals surface area (Å²) < 4.78 is 45.1. The lowest BCUT2D eigenvalue weighted by molar-refractivity contribution is -0.137. The van der Waals surface area contributed by atoms with E-state index in [4.69, 9.17) is 4.74 Å². The molecule has 3 atom stereocenters. The molecule has 2 fully saturated rings. The third kappa shape index (κ3) is 8.20. The van der Waals surface area contributed by atoms with E-state index in [1.54, 1.807) is 6.07 Å². The average Bonchev–Trinajstić information content (AvgIpc) is 3.31. The van der Waals surface area contributed by atoms with E-state index < -0.39 is 11.7 Å². The lowest BCUT2D eigenvalue weighted by Gasteiger charge is -2.37. The SMILES string of the molecule is CN1CCC[C@@H]1CCNC(=O)[C@@H]1C[C@H](COc2cccc(C(F)(F)F)c2)CN(CCc2ccccc2)C1. The van der Waals surface area contributed by atoms with Crippen molar-refractivity contribution in [3.8, 4) is 5.75 Å². The van der Waals surface area contributed by atoms with E-state index in [0.717, 1.165) is 44.6 Å². The summed E-state index contributed by atoms with van der Waals surface area (Å²) >= 11 is 0. The lowest BCUT2D eigenvalue weighted by atomic mass is 9.88. The Balaban J connectivity index is 1.35. The first kappa shape index (κ1) is 27.5. The van der Waals surface area contributed by atoms with Gasteiger partial charge in [0.2, 0.25) is 5.91 Å².